The van der Waals surface area contributed by atoms with E-state index in [4.69, 9.17) is 4.98 Å². The Morgan fingerprint density at radius 1 is 0.486 bits per heavy atom. The Morgan fingerprint density at radius 3 is 1.61 bits per heavy atom. The van der Waals surface area contributed by atoms with Gasteiger partial charge in [-0.25, -0.2) is 4.98 Å². The minimum Gasteiger partial charge on any atom is -0.354 e. The van der Waals surface area contributed by atoms with Crippen LogP contribution in [-0.4, -0.2) is 14.5 Å². The van der Waals surface area contributed by atoms with Crippen LogP contribution >= 0.6 is 0 Å². The maximum absolute atomic E-state index is 5.01. The molecule has 0 unspecified atom stereocenters. The Balaban J connectivity index is 0.000000804. The average molecular weight is 930 g/mol. The number of hydrogen-bond acceptors (Lipinski definition) is 1. The third-order valence-electron chi connectivity index (χ3n) is 16.7. The van der Waals surface area contributed by atoms with Crippen molar-refractivity contribution in [3.05, 3.63) is 228 Å². The second kappa shape index (κ2) is 16.3. The molecule has 0 bridgehead atoms. The topological polar surface area (TPSA) is 33.6 Å². The minimum atomic E-state index is -0.0119. The number of rotatable bonds is 4. The summed E-state index contributed by atoms with van der Waals surface area (Å²) in [6, 6.07) is 57.8. The van der Waals surface area contributed by atoms with Gasteiger partial charge in [0.1, 0.15) is 5.82 Å². The van der Waals surface area contributed by atoms with E-state index < -0.39 is 0 Å². The number of benzene rings is 8. The lowest BCUT2D eigenvalue weighted by molar-refractivity contribution is 0.660. The molecule has 4 aliphatic rings. The molecule has 4 aliphatic carbocycles. The van der Waals surface area contributed by atoms with Gasteiger partial charge in [-0.3, -0.25) is 4.57 Å². The molecule has 0 radical (unpaired) electrons. The Kier molecular flexibility index (Phi) is 9.93. The largest absolute Gasteiger partial charge is 0.354 e. The van der Waals surface area contributed by atoms with E-state index in [-0.39, 0.29) is 10.8 Å². The molecule has 350 valence electrons. The smallest absolute Gasteiger partial charge is 0.137 e. The van der Waals surface area contributed by atoms with Crippen molar-refractivity contribution in [3.63, 3.8) is 0 Å². The Morgan fingerprint density at radius 2 is 1.00 bits per heavy atom. The normalized spacial score (nSPS) is 14.6. The van der Waals surface area contributed by atoms with Gasteiger partial charge in [-0.05, 0) is 186 Å². The van der Waals surface area contributed by atoms with Gasteiger partial charge < -0.3 is 4.98 Å². The molecule has 1 N–H and O–H groups in total. The zero-order valence-corrected chi connectivity index (χ0v) is 42.3. The lowest BCUT2D eigenvalue weighted by atomic mass is 9.74. The van der Waals surface area contributed by atoms with Crippen molar-refractivity contribution in [2.75, 3.05) is 0 Å². The van der Waals surface area contributed by atoms with Crippen LogP contribution < -0.4 is 0 Å². The molecule has 0 amide bonds. The summed E-state index contributed by atoms with van der Waals surface area (Å²) < 4.78 is 2.46. The van der Waals surface area contributed by atoms with E-state index in [0.29, 0.717) is 0 Å². The van der Waals surface area contributed by atoms with Crippen LogP contribution in [0.1, 0.15) is 86.1 Å². The van der Waals surface area contributed by atoms with Crippen LogP contribution in [0.15, 0.2) is 183 Å². The van der Waals surface area contributed by atoms with Crippen LogP contribution in [0.2, 0.25) is 0 Å². The molecule has 3 heteroatoms. The van der Waals surface area contributed by atoms with E-state index in [9.17, 15) is 0 Å². The number of pyridine rings is 1. The first-order valence-electron chi connectivity index (χ1n) is 26.0. The molecule has 3 nitrogen and oxygen atoms in total. The molecule has 0 atom stereocenters. The summed E-state index contributed by atoms with van der Waals surface area (Å²) in [6.07, 6.45) is 9.26. The number of nitrogens with one attached hydrogen (secondary N) is 1. The first-order chi connectivity index (χ1) is 35.1. The quantitative estimate of drug-likeness (QED) is 0.175. The van der Waals surface area contributed by atoms with Crippen molar-refractivity contribution < 1.29 is 0 Å². The number of aryl methyl sites for hydroxylation is 4. The van der Waals surface area contributed by atoms with Gasteiger partial charge in [0.05, 0.1) is 16.6 Å². The fraction of sp³-hybridized carbons (Fsp3) is 0.174. The summed E-state index contributed by atoms with van der Waals surface area (Å²) in [6.45, 7) is 20.2. The highest BCUT2D eigenvalue weighted by atomic mass is 15.1. The van der Waals surface area contributed by atoms with Crippen molar-refractivity contribution in [3.8, 4) is 61.5 Å². The molecule has 0 saturated heterocycles. The molecule has 0 saturated carbocycles. The second-order valence-corrected chi connectivity index (χ2v) is 21.1. The molecule has 0 spiro atoms. The number of hydrogen-bond donors (Lipinski definition) is 1. The fourth-order valence-corrected chi connectivity index (χ4v) is 13.4. The summed E-state index contributed by atoms with van der Waals surface area (Å²) >= 11 is 0. The van der Waals surface area contributed by atoms with Gasteiger partial charge in [-0.1, -0.05) is 158 Å². The number of fused-ring (bicyclic) bond motifs is 14. The Hall–Kier alpha value is -8.01. The lowest BCUT2D eigenvalue weighted by Crippen LogP contribution is -2.15. The molecule has 11 aromatic rings. The SMILES string of the molecule is C=CC=C.CC.CC1(C)c2ccccc2-c2cc(-c3ccc4[nH]c5c6c7c(cc5c4c3)CCc3cc4c5cc(-c8ccc9c(c8)-c8ccccc8C9(C)C)ccc5n(-c5ccccn5)c4c(c3-7)CC6)ccc21. The zero-order valence-electron chi connectivity index (χ0n) is 42.3. The third-order valence-corrected chi connectivity index (χ3v) is 16.7. The van der Waals surface area contributed by atoms with Gasteiger partial charge in [-0.15, -0.1) is 0 Å². The van der Waals surface area contributed by atoms with E-state index in [1.807, 2.05) is 26.1 Å². The monoisotopic (exact) mass is 929 g/mol. The van der Waals surface area contributed by atoms with Crippen molar-refractivity contribution >= 4 is 43.6 Å². The van der Waals surface area contributed by atoms with Crippen LogP contribution in [0.5, 0.6) is 0 Å². The summed E-state index contributed by atoms with van der Waals surface area (Å²) in [5.41, 5.74) is 30.0. The van der Waals surface area contributed by atoms with Gasteiger partial charge in [-0.2, -0.15) is 0 Å². The number of aromatic nitrogens is 3. The first kappa shape index (κ1) is 44.0. The molecular formula is C69H59N3. The third kappa shape index (κ3) is 6.19. The van der Waals surface area contributed by atoms with Gasteiger partial charge in [0, 0.05) is 44.1 Å². The fourth-order valence-electron chi connectivity index (χ4n) is 13.4. The van der Waals surface area contributed by atoms with Crippen molar-refractivity contribution in [1.29, 1.82) is 0 Å². The van der Waals surface area contributed by atoms with Gasteiger partial charge >= 0.3 is 0 Å². The summed E-state index contributed by atoms with van der Waals surface area (Å²) in [4.78, 5) is 8.99. The summed E-state index contributed by atoms with van der Waals surface area (Å²) in [5, 5.41) is 5.30. The highest BCUT2D eigenvalue weighted by molar-refractivity contribution is 6.16. The molecule has 15 rings (SSSR count). The van der Waals surface area contributed by atoms with Crippen molar-refractivity contribution in [2.24, 2.45) is 0 Å². The maximum Gasteiger partial charge on any atom is 0.137 e. The maximum atomic E-state index is 5.01. The van der Waals surface area contributed by atoms with Crippen LogP contribution in [0.4, 0.5) is 0 Å². The molecule has 72 heavy (non-hydrogen) atoms. The average Bonchev–Trinajstić information content (AvgIpc) is 4.10. The van der Waals surface area contributed by atoms with Gasteiger partial charge in [0.15, 0.2) is 0 Å². The summed E-state index contributed by atoms with van der Waals surface area (Å²) in [7, 11) is 0. The first-order valence-corrected chi connectivity index (χ1v) is 26.0. The second-order valence-electron chi connectivity index (χ2n) is 21.1. The Bertz CT molecular complexity index is 4090. The van der Waals surface area contributed by atoms with Crippen molar-refractivity contribution in [2.45, 2.75) is 78.1 Å². The summed E-state index contributed by atoms with van der Waals surface area (Å²) in [5.74, 6) is 0.970. The van der Waals surface area contributed by atoms with E-state index in [0.717, 1.165) is 31.5 Å². The van der Waals surface area contributed by atoms with E-state index in [2.05, 4.69) is 196 Å². The van der Waals surface area contributed by atoms with Crippen LogP contribution in [0, 0.1) is 0 Å². The predicted octanol–water partition coefficient (Wildman–Crippen LogP) is 18.0. The van der Waals surface area contributed by atoms with Crippen LogP contribution in [-0.2, 0) is 36.5 Å². The molecule has 0 fully saturated rings. The zero-order chi connectivity index (χ0) is 49.2. The molecule has 3 heterocycles. The van der Waals surface area contributed by atoms with Crippen molar-refractivity contribution in [1.82, 2.24) is 14.5 Å². The molecule has 8 aromatic carbocycles. The van der Waals surface area contributed by atoms with Gasteiger partial charge in [0.25, 0.3) is 0 Å². The van der Waals surface area contributed by atoms with E-state index in [1.54, 1.807) is 12.2 Å². The minimum absolute atomic E-state index is 0.00340. The molecule has 0 aliphatic heterocycles. The molecular weight excluding hydrogens is 871 g/mol. The molecule has 3 aromatic heterocycles. The van der Waals surface area contributed by atoms with E-state index in [1.165, 1.54) is 144 Å². The number of H-pyrrole nitrogens is 1. The highest BCUT2D eigenvalue weighted by Crippen LogP contribution is 2.53. The van der Waals surface area contributed by atoms with Gasteiger partial charge in [0.2, 0.25) is 0 Å². The standard InChI is InChI=1S/C63H47N3.C4H6.C2H6/c1-62(2)51-13-7-5-11-41(51)45-29-35(18-24-53(45)62)37-20-26-55-47(31-37)49-33-39-16-17-40-34-50-48-32-38(36-19-25-54-46(30-36)42-12-6-8-14-52(42)63(54,3)4)21-27-56(48)66(57-15-9-10-28-64-57)61(50)44-23-22-43(60(49)65-55)58(39)59(40)44;1-3-4-2;1-2/h5-15,18-21,24-34,65H,16-17,22-23H2,1-4H3;3-4H,1-2H2;1-2H3. The Labute approximate surface area is 423 Å². The number of allylic oxidation sites excluding steroid dienone is 2. The number of nitrogens with zero attached hydrogens (tertiary/aromatic N) is 2. The predicted molar refractivity (Wildman–Crippen MR) is 306 cm³/mol. The van der Waals surface area contributed by atoms with Crippen LogP contribution in [0.25, 0.3) is 105 Å². The lowest BCUT2D eigenvalue weighted by Gasteiger charge is -2.31. The number of aromatic amines is 1. The highest BCUT2D eigenvalue weighted by Gasteiger charge is 2.37. The van der Waals surface area contributed by atoms with E-state index >= 15 is 0 Å². The van der Waals surface area contributed by atoms with Crippen LogP contribution in [0.3, 0.4) is 0 Å².